The standard InChI is InChI=1S/C15H23N3O2/c1-10(2)13(16)14(19)17-9-11-5-7-12(8-6-11)15(20)18(3)4/h5-8,10,13H,9,16H2,1-4H3,(H,17,19)/t13-/m0/s1. The van der Waals surface area contributed by atoms with Gasteiger partial charge in [-0.25, -0.2) is 0 Å². The summed E-state index contributed by atoms with van der Waals surface area (Å²) in [5.41, 5.74) is 7.32. The van der Waals surface area contributed by atoms with Crippen LogP contribution in [-0.4, -0.2) is 36.9 Å². The largest absolute Gasteiger partial charge is 0.351 e. The molecular formula is C15H23N3O2. The van der Waals surface area contributed by atoms with Gasteiger partial charge in [0.25, 0.3) is 5.91 Å². The number of benzene rings is 1. The number of hydrogen-bond donors (Lipinski definition) is 2. The van der Waals surface area contributed by atoms with Crippen molar-refractivity contribution in [2.24, 2.45) is 11.7 Å². The SMILES string of the molecule is CC(C)[C@H](N)C(=O)NCc1ccc(C(=O)N(C)C)cc1. The van der Waals surface area contributed by atoms with Gasteiger partial charge < -0.3 is 16.0 Å². The Bertz CT molecular complexity index is 467. The maximum absolute atomic E-state index is 11.7. The van der Waals surface area contributed by atoms with Gasteiger partial charge in [-0.3, -0.25) is 9.59 Å². The van der Waals surface area contributed by atoms with Gasteiger partial charge >= 0.3 is 0 Å². The van der Waals surface area contributed by atoms with Crippen molar-refractivity contribution in [2.45, 2.75) is 26.4 Å². The fourth-order valence-corrected chi connectivity index (χ4v) is 1.63. The number of amides is 2. The summed E-state index contributed by atoms with van der Waals surface area (Å²) in [6.07, 6.45) is 0. The van der Waals surface area contributed by atoms with Crippen molar-refractivity contribution >= 4 is 11.8 Å². The molecule has 0 radical (unpaired) electrons. The van der Waals surface area contributed by atoms with E-state index in [2.05, 4.69) is 5.32 Å². The first-order valence-electron chi connectivity index (χ1n) is 6.66. The topological polar surface area (TPSA) is 75.4 Å². The van der Waals surface area contributed by atoms with Crippen LogP contribution in [0.4, 0.5) is 0 Å². The molecule has 0 aliphatic heterocycles. The van der Waals surface area contributed by atoms with Gasteiger partial charge in [0.15, 0.2) is 0 Å². The third kappa shape index (κ3) is 4.35. The van der Waals surface area contributed by atoms with Crippen LogP contribution in [-0.2, 0) is 11.3 Å². The number of nitrogens with one attached hydrogen (secondary N) is 1. The van der Waals surface area contributed by atoms with Gasteiger partial charge in [-0.2, -0.15) is 0 Å². The predicted octanol–water partition coefficient (Wildman–Crippen LogP) is 0.988. The Morgan fingerprint density at radius 1 is 1.20 bits per heavy atom. The number of carbonyl (C=O) groups excluding carboxylic acids is 2. The van der Waals surface area contributed by atoms with Crippen molar-refractivity contribution in [2.75, 3.05) is 14.1 Å². The summed E-state index contributed by atoms with van der Waals surface area (Å²) >= 11 is 0. The van der Waals surface area contributed by atoms with Crippen molar-refractivity contribution in [1.29, 1.82) is 0 Å². The monoisotopic (exact) mass is 277 g/mol. The quantitative estimate of drug-likeness (QED) is 0.842. The Balaban J connectivity index is 2.58. The molecule has 5 heteroatoms. The van der Waals surface area contributed by atoms with E-state index in [0.29, 0.717) is 12.1 Å². The average Bonchev–Trinajstić information content (AvgIpc) is 2.43. The highest BCUT2D eigenvalue weighted by molar-refractivity contribution is 5.93. The van der Waals surface area contributed by atoms with Crippen molar-refractivity contribution in [3.63, 3.8) is 0 Å². The highest BCUT2D eigenvalue weighted by Crippen LogP contribution is 2.07. The molecule has 2 amide bonds. The molecule has 0 heterocycles. The minimum atomic E-state index is -0.496. The van der Waals surface area contributed by atoms with E-state index in [1.807, 2.05) is 26.0 Å². The maximum Gasteiger partial charge on any atom is 0.253 e. The molecule has 1 atom stereocenters. The van der Waals surface area contributed by atoms with E-state index in [1.165, 1.54) is 4.90 Å². The second kappa shape index (κ2) is 7.05. The van der Waals surface area contributed by atoms with Gasteiger partial charge in [0.05, 0.1) is 6.04 Å². The molecule has 3 N–H and O–H groups in total. The summed E-state index contributed by atoms with van der Waals surface area (Å²) in [6, 6.07) is 6.68. The molecule has 1 aromatic carbocycles. The van der Waals surface area contributed by atoms with Gasteiger partial charge in [0.1, 0.15) is 0 Å². The minimum Gasteiger partial charge on any atom is -0.351 e. The first kappa shape index (κ1) is 16.2. The second-order valence-corrected chi connectivity index (χ2v) is 5.38. The average molecular weight is 277 g/mol. The molecule has 1 rings (SSSR count). The van der Waals surface area contributed by atoms with E-state index in [1.54, 1.807) is 26.2 Å². The van der Waals surface area contributed by atoms with Gasteiger partial charge in [-0.05, 0) is 23.6 Å². The van der Waals surface area contributed by atoms with Crippen LogP contribution in [0.1, 0.15) is 29.8 Å². The molecule has 0 spiro atoms. The van der Waals surface area contributed by atoms with Gasteiger partial charge in [0.2, 0.25) is 5.91 Å². The number of carbonyl (C=O) groups is 2. The predicted molar refractivity (Wildman–Crippen MR) is 79.1 cm³/mol. The molecule has 0 aliphatic rings. The maximum atomic E-state index is 11.7. The van der Waals surface area contributed by atoms with Crippen LogP contribution < -0.4 is 11.1 Å². The van der Waals surface area contributed by atoms with Gasteiger partial charge in [-0.15, -0.1) is 0 Å². The molecule has 0 saturated carbocycles. The number of nitrogens with two attached hydrogens (primary N) is 1. The van der Waals surface area contributed by atoms with Gasteiger partial charge in [0, 0.05) is 26.2 Å². The summed E-state index contributed by atoms with van der Waals surface area (Å²) in [5, 5.41) is 2.79. The molecule has 0 aromatic heterocycles. The van der Waals surface area contributed by atoms with Crippen LogP contribution in [0.15, 0.2) is 24.3 Å². The fraction of sp³-hybridized carbons (Fsp3) is 0.467. The Kier molecular flexibility index (Phi) is 5.70. The zero-order chi connectivity index (χ0) is 15.3. The lowest BCUT2D eigenvalue weighted by molar-refractivity contribution is -0.123. The van der Waals surface area contributed by atoms with Crippen LogP contribution >= 0.6 is 0 Å². The van der Waals surface area contributed by atoms with Crippen LogP contribution in [0.25, 0.3) is 0 Å². The first-order chi connectivity index (χ1) is 9.32. The van der Waals surface area contributed by atoms with Gasteiger partial charge in [-0.1, -0.05) is 26.0 Å². The second-order valence-electron chi connectivity index (χ2n) is 5.38. The van der Waals surface area contributed by atoms with Crippen molar-refractivity contribution in [1.82, 2.24) is 10.2 Å². The lowest BCUT2D eigenvalue weighted by Gasteiger charge is -2.15. The van der Waals surface area contributed by atoms with E-state index in [-0.39, 0.29) is 17.7 Å². The van der Waals surface area contributed by atoms with E-state index < -0.39 is 6.04 Å². The summed E-state index contributed by atoms with van der Waals surface area (Å²) in [5.74, 6) is -0.0917. The third-order valence-electron chi connectivity index (χ3n) is 3.09. The molecule has 0 aliphatic carbocycles. The highest BCUT2D eigenvalue weighted by Gasteiger charge is 2.16. The Hall–Kier alpha value is -1.88. The number of rotatable bonds is 5. The molecular weight excluding hydrogens is 254 g/mol. The van der Waals surface area contributed by atoms with Crippen molar-refractivity contribution in [3.8, 4) is 0 Å². The molecule has 20 heavy (non-hydrogen) atoms. The zero-order valence-corrected chi connectivity index (χ0v) is 12.5. The third-order valence-corrected chi connectivity index (χ3v) is 3.09. The lowest BCUT2D eigenvalue weighted by Crippen LogP contribution is -2.43. The molecule has 1 aromatic rings. The molecule has 110 valence electrons. The molecule has 0 bridgehead atoms. The van der Waals surface area contributed by atoms with Crippen LogP contribution in [0.3, 0.4) is 0 Å². The summed E-state index contributed by atoms with van der Waals surface area (Å²) in [6.45, 7) is 4.23. The van der Waals surface area contributed by atoms with E-state index in [9.17, 15) is 9.59 Å². The highest BCUT2D eigenvalue weighted by atomic mass is 16.2. The Morgan fingerprint density at radius 3 is 2.20 bits per heavy atom. The van der Waals surface area contributed by atoms with E-state index >= 15 is 0 Å². The smallest absolute Gasteiger partial charge is 0.253 e. The van der Waals surface area contributed by atoms with E-state index in [0.717, 1.165) is 5.56 Å². The van der Waals surface area contributed by atoms with Crippen molar-refractivity contribution < 1.29 is 9.59 Å². The molecule has 5 nitrogen and oxygen atoms in total. The normalized spacial score (nSPS) is 12.1. The minimum absolute atomic E-state index is 0.0394. The zero-order valence-electron chi connectivity index (χ0n) is 12.5. The summed E-state index contributed by atoms with van der Waals surface area (Å²) in [4.78, 5) is 25.0. The lowest BCUT2D eigenvalue weighted by atomic mass is 10.0. The molecule has 0 unspecified atom stereocenters. The summed E-state index contributed by atoms with van der Waals surface area (Å²) < 4.78 is 0. The van der Waals surface area contributed by atoms with Crippen molar-refractivity contribution in [3.05, 3.63) is 35.4 Å². The molecule has 0 saturated heterocycles. The Morgan fingerprint density at radius 2 is 1.75 bits per heavy atom. The van der Waals surface area contributed by atoms with Crippen LogP contribution in [0.2, 0.25) is 0 Å². The Labute approximate surface area is 120 Å². The number of nitrogens with zero attached hydrogens (tertiary/aromatic N) is 1. The van der Waals surface area contributed by atoms with E-state index in [4.69, 9.17) is 5.73 Å². The molecule has 0 fully saturated rings. The number of hydrogen-bond acceptors (Lipinski definition) is 3. The fourth-order valence-electron chi connectivity index (χ4n) is 1.63. The van der Waals surface area contributed by atoms with Crippen LogP contribution in [0, 0.1) is 5.92 Å². The van der Waals surface area contributed by atoms with Crippen LogP contribution in [0.5, 0.6) is 0 Å². The summed E-state index contributed by atoms with van der Waals surface area (Å²) in [7, 11) is 3.42. The first-order valence-corrected chi connectivity index (χ1v) is 6.66.